The van der Waals surface area contributed by atoms with E-state index in [1.807, 2.05) is 0 Å². The van der Waals surface area contributed by atoms with Crippen molar-refractivity contribution in [2.75, 3.05) is 6.54 Å². The normalized spacial score (nSPS) is 19.7. The van der Waals surface area contributed by atoms with Gasteiger partial charge in [-0.1, -0.05) is 35.0 Å². The highest BCUT2D eigenvalue weighted by Gasteiger charge is 2.34. The van der Waals surface area contributed by atoms with Gasteiger partial charge in [-0.05, 0) is 43.4 Å². The average Bonchev–Trinajstić information content (AvgIpc) is 2.30. The number of aliphatic hydroxyl groups is 1. The Morgan fingerprint density at radius 1 is 1.35 bits per heavy atom. The van der Waals surface area contributed by atoms with E-state index in [-0.39, 0.29) is 0 Å². The minimum atomic E-state index is -0.442. The van der Waals surface area contributed by atoms with Crippen LogP contribution in [0.1, 0.15) is 44.2 Å². The molecule has 17 heavy (non-hydrogen) atoms. The number of hydrogen-bond acceptors (Lipinski definition) is 2. The molecule has 1 aliphatic carbocycles. The maximum Gasteiger partial charge on any atom is 0.0771 e. The van der Waals surface area contributed by atoms with Crippen LogP contribution in [0.2, 0.25) is 0 Å². The molecule has 1 unspecified atom stereocenters. The summed E-state index contributed by atoms with van der Waals surface area (Å²) in [7, 11) is 0. The summed E-state index contributed by atoms with van der Waals surface area (Å²) in [5, 5.41) is 13.6. The first kappa shape index (κ1) is 13.1. The van der Waals surface area contributed by atoms with Crippen LogP contribution in [-0.2, 0) is 0 Å². The Morgan fingerprint density at radius 3 is 2.47 bits per heavy atom. The fourth-order valence-electron chi connectivity index (χ4n) is 2.27. The van der Waals surface area contributed by atoms with Crippen LogP contribution >= 0.6 is 15.9 Å². The second-order valence-corrected chi connectivity index (χ2v) is 5.89. The van der Waals surface area contributed by atoms with Gasteiger partial charge in [0.25, 0.3) is 0 Å². The molecular formula is C14H20BrNO. The van der Waals surface area contributed by atoms with Gasteiger partial charge in [-0.25, -0.2) is 0 Å². The molecule has 1 aromatic carbocycles. The minimum Gasteiger partial charge on any atom is -0.389 e. The monoisotopic (exact) mass is 297 g/mol. The van der Waals surface area contributed by atoms with E-state index in [0.29, 0.717) is 12.6 Å². The topological polar surface area (TPSA) is 32.3 Å². The smallest absolute Gasteiger partial charge is 0.0771 e. The van der Waals surface area contributed by atoms with Crippen molar-refractivity contribution in [2.45, 2.75) is 44.2 Å². The van der Waals surface area contributed by atoms with Crippen LogP contribution in [0.25, 0.3) is 0 Å². The Kier molecular flexibility index (Phi) is 4.23. The van der Waals surface area contributed by atoms with Crippen molar-refractivity contribution in [1.29, 1.82) is 0 Å². The highest BCUT2D eigenvalue weighted by molar-refractivity contribution is 9.10. The van der Waals surface area contributed by atoms with Gasteiger partial charge in [0.2, 0.25) is 0 Å². The highest BCUT2D eigenvalue weighted by atomic mass is 79.9. The Balaban J connectivity index is 1.94. The summed E-state index contributed by atoms with van der Waals surface area (Å²) in [5.41, 5.74) is 0.849. The number of rotatable bonds is 5. The van der Waals surface area contributed by atoms with Gasteiger partial charge in [0.05, 0.1) is 5.60 Å². The van der Waals surface area contributed by atoms with Crippen LogP contribution in [0, 0.1) is 0 Å². The first-order chi connectivity index (χ1) is 8.13. The Labute approximate surface area is 112 Å². The average molecular weight is 298 g/mol. The lowest BCUT2D eigenvalue weighted by Crippen LogP contribution is -2.47. The van der Waals surface area contributed by atoms with Crippen molar-refractivity contribution in [3.8, 4) is 0 Å². The maximum absolute atomic E-state index is 10.1. The van der Waals surface area contributed by atoms with Crippen molar-refractivity contribution in [2.24, 2.45) is 0 Å². The van der Waals surface area contributed by atoms with E-state index in [0.717, 1.165) is 30.2 Å². The number of nitrogens with one attached hydrogen (secondary N) is 1. The first-order valence-electron chi connectivity index (χ1n) is 6.34. The molecule has 0 aliphatic heterocycles. The molecule has 1 atom stereocenters. The van der Waals surface area contributed by atoms with Gasteiger partial charge in [0.1, 0.15) is 0 Å². The molecule has 0 spiro atoms. The predicted molar refractivity (Wildman–Crippen MR) is 74.0 cm³/mol. The van der Waals surface area contributed by atoms with Crippen LogP contribution < -0.4 is 5.32 Å². The van der Waals surface area contributed by atoms with Crippen LogP contribution in [-0.4, -0.2) is 17.3 Å². The SMILES string of the molecule is CCC(NCC1(O)CCC1)c1ccc(Br)cc1. The molecule has 1 fully saturated rings. The molecule has 1 aromatic rings. The molecule has 1 saturated carbocycles. The summed E-state index contributed by atoms with van der Waals surface area (Å²) in [6, 6.07) is 8.74. The van der Waals surface area contributed by atoms with Gasteiger partial charge >= 0.3 is 0 Å². The fraction of sp³-hybridized carbons (Fsp3) is 0.571. The molecule has 94 valence electrons. The van der Waals surface area contributed by atoms with Crippen LogP contribution in [0.3, 0.4) is 0 Å². The van der Waals surface area contributed by atoms with Crippen molar-refractivity contribution >= 4 is 15.9 Å². The van der Waals surface area contributed by atoms with Gasteiger partial charge < -0.3 is 10.4 Å². The second kappa shape index (κ2) is 5.51. The van der Waals surface area contributed by atoms with Crippen LogP contribution in [0.15, 0.2) is 28.7 Å². The zero-order valence-corrected chi connectivity index (χ0v) is 11.8. The predicted octanol–water partition coefficient (Wildman–Crippen LogP) is 3.40. The minimum absolute atomic E-state index is 0.340. The van der Waals surface area contributed by atoms with Gasteiger partial charge in [0, 0.05) is 17.1 Å². The molecular weight excluding hydrogens is 278 g/mol. The van der Waals surface area contributed by atoms with E-state index in [4.69, 9.17) is 0 Å². The number of hydrogen-bond donors (Lipinski definition) is 2. The Morgan fingerprint density at radius 2 is 2.00 bits per heavy atom. The lowest BCUT2D eigenvalue weighted by molar-refractivity contribution is -0.0333. The van der Waals surface area contributed by atoms with E-state index in [1.165, 1.54) is 5.56 Å². The van der Waals surface area contributed by atoms with Crippen LogP contribution in [0.4, 0.5) is 0 Å². The van der Waals surface area contributed by atoms with Crippen molar-refractivity contribution in [3.63, 3.8) is 0 Å². The Hall–Kier alpha value is -0.380. The standard InChI is InChI=1S/C14H20BrNO/c1-2-13(11-4-6-12(15)7-5-11)16-10-14(17)8-3-9-14/h4-7,13,16-17H,2-3,8-10H2,1H3. The molecule has 0 radical (unpaired) electrons. The third-order valence-corrected chi connectivity index (χ3v) is 4.17. The zero-order valence-electron chi connectivity index (χ0n) is 10.2. The summed E-state index contributed by atoms with van der Waals surface area (Å²) in [6.45, 7) is 2.88. The number of halogens is 1. The van der Waals surface area contributed by atoms with E-state index in [9.17, 15) is 5.11 Å². The van der Waals surface area contributed by atoms with Crippen molar-refractivity contribution in [1.82, 2.24) is 5.32 Å². The van der Waals surface area contributed by atoms with E-state index in [1.54, 1.807) is 0 Å². The first-order valence-corrected chi connectivity index (χ1v) is 7.13. The molecule has 3 heteroatoms. The molecule has 0 amide bonds. The lowest BCUT2D eigenvalue weighted by atomic mass is 9.80. The summed E-state index contributed by atoms with van der Waals surface area (Å²) < 4.78 is 1.11. The molecule has 1 aliphatic rings. The third-order valence-electron chi connectivity index (χ3n) is 3.64. The molecule has 0 saturated heterocycles. The van der Waals surface area contributed by atoms with E-state index < -0.39 is 5.60 Å². The molecule has 2 nitrogen and oxygen atoms in total. The summed E-state index contributed by atoms with van der Waals surface area (Å²) in [4.78, 5) is 0. The number of benzene rings is 1. The highest BCUT2D eigenvalue weighted by Crippen LogP contribution is 2.31. The van der Waals surface area contributed by atoms with E-state index in [2.05, 4.69) is 52.4 Å². The summed E-state index contributed by atoms with van der Waals surface area (Å²) in [5.74, 6) is 0. The maximum atomic E-state index is 10.1. The Bertz CT molecular complexity index is 359. The van der Waals surface area contributed by atoms with Gasteiger partial charge in [-0.3, -0.25) is 0 Å². The summed E-state index contributed by atoms with van der Waals surface area (Å²) in [6.07, 6.45) is 4.08. The van der Waals surface area contributed by atoms with Crippen molar-refractivity contribution in [3.05, 3.63) is 34.3 Å². The van der Waals surface area contributed by atoms with Crippen molar-refractivity contribution < 1.29 is 5.11 Å². The quantitative estimate of drug-likeness (QED) is 0.873. The third kappa shape index (κ3) is 3.30. The van der Waals surface area contributed by atoms with Gasteiger partial charge in [0.15, 0.2) is 0 Å². The fourth-order valence-corrected chi connectivity index (χ4v) is 2.53. The molecule has 0 bridgehead atoms. The molecule has 2 N–H and O–H groups in total. The largest absolute Gasteiger partial charge is 0.389 e. The molecule has 2 rings (SSSR count). The zero-order chi connectivity index (χ0) is 12.3. The summed E-state index contributed by atoms with van der Waals surface area (Å²) >= 11 is 3.45. The van der Waals surface area contributed by atoms with Gasteiger partial charge in [-0.2, -0.15) is 0 Å². The van der Waals surface area contributed by atoms with Crippen LogP contribution in [0.5, 0.6) is 0 Å². The van der Waals surface area contributed by atoms with E-state index >= 15 is 0 Å². The second-order valence-electron chi connectivity index (χ2n) is 4.97. The molecule has 0 aromatic heterocycles. The van der Waals surface area contributed by atoms with Gasteiger partial charge in [-0.15, -0.1) is 0 Å². The molecule has 0 heterocycles. The lowest BCUT2D eigenvalue weighted by Gasteiger charge is -2.38.